The highest BCUT2D eigenvalue weighted by Crippen LogP contribution is 2.00. The maximum Gasteiger partial charge on any atom is 0.157 e. The first-order valence-electron chi connectivity index (χ1n) is 4.82. The summed E-state index contributed by atoms with van der Waals surface area (Å²) in [6.07, 6.45) is 1.54. The normalized spacial score (nSPS) is 8.43. The zero-order valence-corrected chi connectivity index (χ0v) is 9.13. The molecular weight excluding hydrogens is 177 g/mol. The summed E-state index contributed by atoms with van der Waals surface area (Å²) < 4.78 is 12.9. The zero-order valence-electron chi connectivity index (χ0n) is 9.13. The minimum absolute atomic E-state index is 0.228. The third-order valence-electron chi connectivity index (χ3n) is 1.24. The average molecular weight is 193 g/mol. The fourth-order valence-corrected chi connectivity index (χ4v) is 0.690. The maximum atomic E-state index is 12.9. The van der Waals surface area contributed by atoms with Crippen molar-refractivity contribution in [1.29, 1.82) is 0 Å². The average Bonchev–Trinajstić information content (AvgIpc) is 2.19. The van der Waals surface area contributed by atoms with E-state index in [-0.39, 0.29) is 17.4 Å². The van der Waals surface area contributed by atoms with Gasteiger partial charge in [-0.05, 0) is 18.1 Å². The van der Waals surface area contributed by atoms with Crippen LogP contribution in [0.2, 0.25) is 0 Å². The molecule has 0 unspecified atom stereocenters. The molecule has 76 valence electrons. The maximum absolute atomic E-state index is 12.9. The third kappa shape index (κ3) is 4.61. The molecule has 0 bridgehead atoms. The topological polar surface area (TPSA) is 12.9 Å². The molecule has 1 nitrogen and oxygen atoms in total. The van der Waals surface area contributed by atoms with E-state index < -0.39 is 0 Å². The van der Waals surface area contributed by atoms with Crippen LogP contribution in [0.15, 0.2) is 18.3 Å². The second-order valence-corrected chi connectivity index (χ2v) is 2.76. The first-order chi connectivity index (χ1) is 6.70. The van der Waals surface area contributed by atoms with Gasteiger partial charge < -0.3 is 0 Å². The van der Waals surface area contributed by atoms with E-state index in [1.165, 1.54) is 12.3 Å². The molecule has 0 aromatic carbocycles. The van der Waals surface area contributed by atoms with E-state index in [0.717, 1.165) is 0 Å². The van der Waals surface area contributed by atoms with E-state index >= 15 is 0 Å². The minimum Gasteiger partial charge on any atom is -0.245 e. The van der Waals surface area contributed by atoms with Gasteiger partial charge in [-0.15, -0.1) is 0 Å². The van der Waals surface area contributed by atoms with Gasteiger partial charge in [0.15, 0.2) is 5.82 Å². The Hall–Kier alpha value is -1.36. The second-order valence-electron chi connectivity index (χ2n) is 2.76. The molecule has 0 aliphatic rings. The molecule has 0 saturated heterocycles. The number of hydrogen-bond donors (Lipinski definition) is 0. The Labute approximate surface area is 85.4 Å². The van der Waals surface area contributed by atoms with Crippen LogP contribution in [0.5, 0.6) is 0 Å². The molecule has 1 aromatic heterocycles. The molecule has 0 amide bonds. The molecule has 0 aliphatic carbocycles. The molecule has 0 radical (unpaired) electrons. The van der Waals surface area contributed by atoms with E-state index in [0.29, 0.717) is 0 Å². The largest absolute Gasteiger partial charge is 0.245 e. The number of hydrogen-bond acceptors (Lipinski definition) is 1. The Balaban J connectivity index is 0.000000791. The van der Waals surface area contributed by atoms with Gasteiger partial charge in [0, 0.05) is 12.1 Å². The van der Waals surface area contributed by atoms with Gasteiger partial charge in [-0.1, -0.05) is 33.6 Å². The lowest BCUT2D eigenvalue weighted by atomic mass is 10.2. The first kappa shape index (κ1) is 12.6. The van der Waals surface area contributed by atoms with Crippen LogP contribution in [0.25, 0.3) is 0 Å². The predicted octanol–water partition coefficient (Wildman–Crippen LogP) is 3.25. The standard InChI is InChI=1S/C10H10FN.C2H6/c1-8(2)5-6-10-9(11)4-3-7-12-10;1-2/h3-4,7-8H,1-2H3;1-2H3. The fraction of sp³-hybridized carbons (Fsp3) is 0.417. The Morgan fingerprint density at radius 2 is 2.00 bits per heavy atom. The summed E-state index contributed by atoms with van der Waals surface area (Å²) in [5.74, 6) is 5.41. The second kappa shape index (κ2) is 7.08. The molecule has 14 heavy (non-hydrogen) atoms. The van der Waals surface area contributed by atoms with Gasteiger partial charge in [-0.25, -0.2) is 9.37 Å². The number of pyridine rings is 1. The molecule has 1 aromatic rings. The van der Waals surface area contributed by atoms with Crippen LogP contribution < -0.4 is 0 Å². The summed E-state index contributed by atoms with van der Waals surface area (Å²) in [4.78, 5) is 3.80. The van der Waals surface area contributed by atoms with E-state index in [1.54, 1.807) is 6.07 Å². The highest BCUT2D eigenvalue weighted by molar-refractivity contribution is 5.28. The Bertz CT molecular complexity index is 321. The van der Waals surface area contributed by atoms with E-state index in [2.05, 4.69) is 16.8 Å². The molecule has 0 atom stereocenters. The third-order valence-corrected chi connectivity index (χ3v) is 1.24. The minimum atomic E-state index is -0.356. The molecular formula is C12H16FN. The molecule has 0 N–H and O–H groups in total. The van der Waals surface area contributed by atoms with Gasteiger partial charge in [0.05, 0.1) is 0 Å². The first-order valence-corrected chi connectivity index (χ1v) is 4.82. The van der Waals surface area contributed by atoms with Crippen molar-refractivity contribution in [1.82, 2.24) is 4.98 Å². The van der Waals surface area contributed by atoms with Crippen LogP contribution in [0.4, 0.5) is 4.39 Å². The molecule has 0 aliphatic heterocycles. The van der Waals surface area contributed by atoms with Crippen molar-refractivity contribution < 1.29 is 4.39 Å². The molecule has 0 spiro atoms. The lowest BCUT2D eigenvalue weighted by Gasteiger charge is -1.91. The van der Waals surface area contributed by atoms with Gasteiger partial charge in [0.2, 0.25) is 0 Å². The number of aromatic nitrogens is 1. The highest BCUT2D eigenvalue weighted by Gasteiger charge is 1.96. The lowest BCUT2D eigenvalue weighted by Crippen LogP contribution is -1.88. The van der Waals surface area contributed by atoms with Gasteiger partial charge in [0.25, 0.3) is 0 Å². The van der Waals surface area contributed by atoms with Crippen molar-refractivity contribution in [3.8, 4) is 11.8 Å². The van der Waals surface area contributed by atoms with E-state index in [9.17, 15) is 4.39 Å². The van der Waals surface area contributed by atoms with Crippen LogP contribution in [0.1, 0.15) is 33.4 Å². The molecule has 0 saturated carbocycles. The van der Waals surface area contributed by atoms with Crippen molar-refractivity contribution >= 4 is 0 Å². The number of halogens is 1. The smallest absolute Gasteiger partial charge is 0.157 e. The Kier molecular flexibility index (Phi) is 6.39. The van der Waals surface area contributed by atoms with Crippen LogP contribution in [-0.2, 0) is 0 Å². The van der Waals surface area contributed by atoms with E-state index in [1.807, 2.05) is 27.7 Å². The van der Waals surface area contributed by atoms with Crippen LogP contribution in [0.3, 0.4) is 0 Å². The van der Waals surface area contributed by atoms with Crippen molar-refractivity contribution in [2.75, 3.05) is 0 Å². The summed E-state index contributed by atoms with van der Waals surface area (Å²) in [7, 11) is 0. The van der Waals surface area contributed by atoms with E-state index in [4.69, 9.17) is 0 Å². The monoisotopic (exact) mass is 193 g/mol. The fourth-order valence-electron chi connectivity index (χ4n) is 0.690. The summed E-state index contributed by atoms with van der Waals surface area (Å²) >= 11 is 0. The summed E-state index contributed by atoms with van der Waals surface area (Å²) in [5, 5.41) is 0. The van der Waals surface area contributed by atoms with Crippen molar-refractivity contribution in [2.45, 2.75) is 27.7 Å². The number of rotatable bonds is 0. The van der Waals surface area contributed by atoms with Crippen molar-refractivity contribution in [3.05, 3.63) is 29.8 Å². The van der Waals surface area contributed by atoms with Gasteiger partial charge in [-0.2, -0.15) is 0 Å². The van der Waals surface area contributed by atoms with Gasteiger partial charge in [0.1, 0.15) is 5.69 Å². The quantitative estimate of drug-likeness (QED) is 0.576. The van der Waals surface area contributed by atoms with Crippen LogP contribution in [0, 0.1) is 23.6 Å². The van der Waals surface area contributed by atoms with Crippen molar-refractivity contribution in [2.24, 2.45) is 5.92 Å². The summed E-state index contributed by atoms with van der Waals surface area (Å²) in [6, 6.07) is 2.91. The molecule has 2 heteroatoms. The summed E-state index contributed by atoms with van der Waals surface area (Å²) in [5.41, 5.74) is 0.228. The Morgan fingerprint density at radius 3 is 2.50 bits per heavy atom. The highest BCUT2D eigenvalue weighted by atomic mass is 19.1. The van der Waals surface area contributed by atoms with Crippen molar-refractivity contribution in [3.63, 3.8) is 0 Å². The molecule has 0 fully saturated rings. The lowest BCUT2D eigenvalue weighted by molar-refractivity contribution is 0.617. The van der Waals surface area contributed by atoms with Crippen LogP contribution >= 0.6 is 0 Å². The summed E-state index contributed by atoms with van der Waals surface area (Å²) in [6.45, 7) is 7.90. The Morgan fingerprint density at radius 1 is 1.36 bits per heavy atom. The number of nitrogens with zero attached hydrogens (tertiary/aromatic N) is 1. The van der Waals surface area contributed by atoms with Gasteiger partial charge >= 0.3 is 0 Å². The molecule has 1 rings (SSSR count). The zero-order chi connectivity index (χ0) is 11.0. The van der Waals surface area contributed by atoms with Crippen LogP contribution in [-0.4, -0.2) is 4.98 Å². The predicted molar refractivity (Wildman–Crippen MR) is 57.3 cm³/mol. The SMILES string of the molecule is CC.CC(C)C#Cc1ncccc1F. The van der Waals surface area contributed by atoms with Gasteiger partial charge in [-0.3, -0.25) is 0 Å². The molecule has 1 heterocycles.